The van der Waals surface area contributed by atoms with Gasteiger partial charge in [-0.05, 0) is 75.1 Å². The highest BCUT2D eigenvalue weighted by Crippen LogP contribution is 2.30. The van der Waals surface area contributed by atoms with E-state index in [4.69, 9.17) is 10.5 Å². The predicted molar refractivity (Wildman–Crippen MR) is 139 cm³/mol. The number of phenolic OH excluding ortho intramolecular Hbond substituents is 1. The second-order valence-corrected chi connectivity index (χ2v) is 9.41. The summed E-state index contributed by atoms with van der Waals surface area (Å²) in [6.45, 7) is 12.1. The Bertz CT molecular complexity index is 1200. The number of primary amides is 1. The number of aromatic amines is 1. The number of aromatic nitrogens is 2. The third kappa shape index (κ3) is 5.35. The van der Waals surface area contributed by atoms with Crippen LogP contribution in [-0.2, 0) is 11.3 Å². The summed E-state index contributed by atoms with van der Waals surface area (Å²) >= 11 is 0. The molecule has 1 saturated heterocycles. The summed E-state index contributed by atoms with van der Waals surface area (Å²) in [5.41, 5.74) is 11.6. The molecule has 2 aromatic carbocycles. The predicted octanol–water partition coefficient (Wildman–Crippen LogP) is 4.11. The molecule has 2 atom stereocenters. The normalized spacial score (nSPS) is 17.9. The number of amides is 1. The number of anilines is 4. The lowest BCUT2D eigenvalue weighted by Crippen LogP contribution is -2.45. The number of hydrogen-bond donors (Lipinski definition) is 5. The Balaban J connectivity index is 1.51. The van der Waals surface area contributed by atoms with Crippen molar-refractivity contribution in [1.82, 2.24) is 10.2 Å². The van der Waals surface area contributed by atoms with Crippen LogP contribution < -0.4 is 21.3 Å². The number of carbonyl (C=O) groups excluding carboxylic acids is 1. The van der Waals surface area contributed by atoms with Crippen molar-refractivity contribution in [3.05, 3.63) is 58.1 Å². The third-order valence-corrected chi connectivity index (χ3v) is 6.25. The van der Waals surface area contributed by atoms with Crippen LogP contribution in [0.25, 0.3) is 0 Å². The number of nitrogens with zero attached hydrogens (tertiary/aromatic N) is 2. The van der Waals surface area contributed by atoms with E-state index < -0.39 is 5.91 Å². The largest absolute Gasteiger partial charge is 0.507 e. The number of hydrogen-bond acceptors (Lipinski definition) is 7. The Kier molecular flexibility index (Phi) is 6.88. The highest BCUT2D eigenvalue weighted by Gasteiger charge is 2.24. The molecule has 0 saturated carbocycles. The number of nitrogens with one attached hydrogen (secondary N) is 3. The van der Waals surface area contributed by atoms with Crippen LogP contribution in [0.1, 0.15) is 46.5 Å². The molecule has 1 aromatic heterocycles. The van der Waals surface area contributed by atoms with E-state index in [1.165, 1.54) is 5.69 Å². The summed E-state index contributed by atoms with van der Waals surface area (Å²) in [7, 11) is 0. The molecule has 9 heteroatoms. The zero-order chi connectivity index (χ0) is 25.3. The van der Waals surface area contributed by atoms with Gasteiger partial charge < -0.3 is 31.1 Å². The van der Waals surface area contributed by atoms with E-state index in [2.05, 4.69) is 52.6 Å². The molecule has 1 fully saturated rings. The van der Waals surface area contributed by atoms with Crippen LogP contribution in [0.5, 0.6) is 5.75 Å². The number of H-pyrrole nitrogens is 1. The summed E-state index contributed by atoms with van der Waals surface area (Å²) < 4.78 is 5.86. The van der Waals surface area contributed by atoms with Gasteiger partial charge in [0.1, 0.15) is 17.1 Å². The Labute approximate surface area is 205 Å². The molecule has 35 heavy (non-hydrogen) atoms. The monoisotopic (exact) mass is 478 g/mol. The van der Waals surface area contributed by atoms with Crippen LogP contribution in [0.3, 0.4) is 0 Å². The minimum absolute atomic E-state index is 0.180. The van der Waals surface area contributed by atoms with Crippen molar-refractivity contribution in [2.45, 2.75) is 53.4 Å². The van der Waals surface area contributed by atoms with Crippen LogP contribution in [0.4, 0.5) is 23.0 Å². The first kappa shape index (κ1) is 24.4. The number of aromatic hydroxyl groups is 1. The molecule has 0 aliphatic carbocycles. The van der Waals surface area contributed by atoms with Gasteiger partial charge >= 0.3 is 0 Å². The smallest absolute Gasteiger partial charge is 0.256 e. The molecule has 0 bridgehead atoms. The van der Waals surface area contributed by atoms with Crippen LogP contribution in [0.2, 0.25) is 0 Å². The van der Waals surface area contributed by atoms with Gasteiger partial charge in [0.25, 0.3) is 5.91 Å². The number of benzene rings is 2. The molecular weight excluding hydrogens is 444 g/mol. The van der Waals surface area contributed by atoms with E-state index in [1.54, 1.807) is 0 Å². The molecule has 9 nitrogen and oxygen atoms in total. The topological polar surface area (TPSA) is 129 Å². The molecule has 1 aliphatic rings. The van der Waals surface area contributed by atoms with Crippen molar-refractivity contribution in [3.8, 4) is 5.75 Å². The molecule has 2 heterocycles. The van der Waals surface area contributed by atoms with Crippen molar-refractivity contribution in [2.24, 2.45) is 5.73 Å². The molecule has 2 unspecified atom stereocenters. The molecule has 6 N–H and O–H groups in total. The van der Waals surface area contributed by atoms with Gasteiger partial charge in [0.15, 0.2) is 5.82 Å². The number of aryl methyl sites for hydroxylation is 3. The Morgan fingerprint density at radius 2 is 1.80 bits per heavy atom. The lowest BCUT2D eigenvalue weighted by molar-refractivity contribution is -0.00524. The van der Waals surface area contributed by atoms with Gasteiger partial charge in [0, 0.05) is 31.0 Å². The summed E-state index contributed by atoms with van der Waals surface area (Å²) in [4.78, 5) is 14.6. The minimum Gasteiger partial charge on any atom is -0.507 e. The van der Waals surface area contributed by atoms with Crippen molar-refractivity contribution >= 4 is 28.9 Å². The zero-order valence-electron chi connectivity index (χ0n) is 20.9. The van der Waals surface area contributed by atoms with Gasteiger partial charge in [-0.1, -0.05) is 12.1 Å². The first-order chi connectivity index (χ1) is 16.6. The van der Waals surface area contributed by atoms with Crippen molar-refractivity contribution in [3.63, 3.8) is 0 Å². The first-order valence-corrected chi connectivity index (χ1v) is 11.8. The number of carbonyl (C=O) groups is 1. The third-order valence-electron chi connectivity index (χ3n) is 6.25. The van der Waals surface area contributed by atoms with Crippen LogP contribution in [-0.4, -0.2) is 46.5 Å². The molecule has 3 aromatic rings. The molecule has 4 rings (SSSR count). The van der Waals surface area contributed by atoms with E-state index >= 15 is 0 Å². The summed E-state index contributed by atoms with van der Waals surface area (Å²) in [5.74, 6) is 0.495. The number of morpholine rings is 1. The molecule has 0 spiro atoms. The maximum absolute atomic E-state index is 12.3. The molecule has 0 radical (unpaired) electrons. The van der Waals surface area contributed by atoms with E-state index in [0.717, 1.165) is 41.0 Å². The summed E-state index contributed by atoms with van der Waals surface area (Å²) in [6, 6.07) is 9.89. The fourth-order valence-corrected chi connectivity index (χ4v) is 4.74. The molecule has 1 aliphatic heterocycles. The molecule has 1 amide bonds. The molecular formula is C26H34N6O3. The lowest BCUT2D eigenvalue weighted by atomic mass is 10.1. The Hall–Kier alpha value is -3.72. The SMILES string of the molecule is Cc1cc(Nc2[nH]nc(NCc3cc(C)c(O)c(C)c3)c2C(N)=O)ccc1N1CC(C)OC(C)C1. The molecule has 186 valence electrons. The van der Waals surface area contributed by atoms with E-state index in [-0.39, 0.29) is 23.5 Å². The Morgan fingerprint density at radius 3 is 2.40 bits per heavy atom. The number of nitrogens with two attached hydrogens (primary N) is 1. The highest BCUT2D eigenvalue weighted by atomic mass is 16.5. The first-order valence-electron chi connectivity index (χ1n) is 11.8. The minimum atomic E-state index is -0.591. The maximum atomic E-state index is 12.3. The van der Waals surface area contributed by atoms with Gasteiger partial charge in [-0.15, -0.1) is 0 Å². The van der Waals surface area contributed by atoms with Crippen LogP contribution in [0.15, 0.2) is 30.3 Å². The maximum Gasteiger partial charge on any atom is 0.256 e. The van der Waals surface area contributed by atoms with E-state index in [0.29, 0.717) is 18.2 Å². The lowest BCUT2D eigenvalue weighted by Gasteiger charge is -2.37. The van der Waals surface area contributed by atoms with Gasteiger partial charge in [0.2, 0.25) is 0 Å². The Morgan fingerprint density at radius 1 is 1.14 bits per heavy atom. The standard InChI is InChI=1S/C26H34N6O3/c1-14-10-20(6-7-21(14)32-12-17(4)35-18(5)13-32)29-26-22(24(27)34)25(30-31-26)28-11-19-8-15(2)23(33)16(3)9-19/h6-10,17-18,33H,11-13H2,1-5H3,(H2,27,34)(H3,28,29,30,31). The van der Waals surface area contributed by atoms with Crippen molar-refractivity contribution < 1.29 is 14.6 Å². The van der Waals surface area contributed by atoms with Crippen LogP contribution in [0, 0.1) is 20.8 Å². The summed E-state index contributed by atoms with van der Waals surface area (Å²) in [6.07, 6.45) is 0.360. The van der Waals surface area contributed by atoms with Crippen LogP contribution >= 0.6 is 0 Å². The van der Waals surface area contributed by atoms with Crippen molar-refractivity contribution in [1.29, 1.82) is 0 Å². The van der Waals surface area contributed by atoms with Gasteiger partial charge in [0.05, 0.1) is 12.2 Å². The quantitative estimate of drug-likeness (QED) is 0.346. The second kappa shape index (κ2) is 9.87. The number of ether oxygens (including phenoxy) is 1. The number of rotatable bonds is 7. The van der Waals surface area contributed by atoms with Crippen molar-refractivity contribution in [2.75, 3.05) is 28.6 Å². The fourth-order valence-electron chi connectivity index (χ4n) is 4.74. The van der Waals surface area contributed by atoms with Gasteiger partial charge in [-0.3, -0.25) is 9.89 Å². The zero-order valence-corrected chi connectivity index (χ0v) is 20.9. The van der Waals surface area contributed by atoms with E-state index in [1.807, 2.05) is 38.1 Å². The van der Waals surface area contributed by atoms with Gasteiger partial charge in [-0.2, -0.15) is 5.10 Å². The second-order valence-electron chi connectivity index (χ2n) is 9.41. The van der Waals surface area contributed by atoms with Gasteiger partial charge in [-0.25, -0.2) is 0 Å². The summed E-state index contributed by atoms with van der Waals surface area (Å²) in [5, 5.41) is 23.6. The van der Waals surface area contributed by atoms with E-state index in [9.17, 15) is 9.90 Å². The number of phenols is 1. The highest BCUT2D eigenvalue weighted by molar-refractivity contribution is 6.03. The average Bonchev–Trinajstić information content (AvgIpc) is 3.18. The fraction of sp³-hybridized carbons (Fsp3) is 0.385. The average molecular weight is 479 g/mol.